The fourth-order valence-corrected chi connectivity index (χ4v) is 3.83. The van der Waals surface area contributed by atoms with Crippen LogP contribution in [0.5, 0.6) is 0 Å². The van der Waals surface area contributed by atoms with Crippen molar-refractivity contribution >= 4 is 41.1 Å². The van der Waals surface area contributed by atoms with Gasteiger partial charge in [0.2, 0.25) is 5.91 Å². The summed E-state index contributed by atoms with van der Waals surface area (Å²) in [6, 6.07) is 7.83. The number of carbonyl (C=O) groups is 2. The van der Waals surface area contributed by atoms with Crippen LogP contribution in [0.15, 0.2) is 35.7 Å². The molecule has 1 heterocycles. The van der Waals surface area contributed by atoms with Gasteiger partial charge in [-0.25, -0.2) is 0 Å². The van der Waals surface area contributed by atoms with Gasteiger partial charge in [0.25, 0.3) is 0 Å². The van der Waals surface area contributed by atoms with E-state index >= 15 is 0 Å². The predicted molar refractivity (Wildman–Crippen MR) is 105 cm³/mol. The summed E-state index contributed by atoms with van der Waals surface area (Å²) in [5, 5.41) is 20.2. The van der Waals surface area contributed by atoms with Gasteiger partial charge in [-0.05, 0) is 31.5 Å². The van der Waals surface area contributed by atoms with E-state index in [1.165, 1.54) is 11.8 Å². The minimum absolute atomic E-state index is 0.107. The van der Waals surface area contributed by atoms with Crippen LogP contribution in [0.2, 0.25) is 0 Å². The van der Waals surface area contributed by atoms with Crippen LogP contribution in [-0.2, 0) is 15.3 Å². The Hall–Kier alpha value is -2.00. The van der Waals surface area contributed by atoms with E-state index in [1.54, 1.807) is 18.1 Å². The number of benzene rings is 1. The Morgan fingerprint density at radius 2 is 2.15 bits per heavy atom. The van der Waals surface area contributed by atoms with Crippen molar-refractivity contribution in [2.75, 3.05) is 16.8 Å². The van der Waals surface area contributed by atoms with Crippen LogP contribution in [0.25, 0.3) is 0 Å². The van der Waals surface area contributed by atoms with Crippen molar-refractivity contribution < 1.29 is 14.7 Å². The van der Waals surface area contributed by atoms with Crippen molar-refractivity contribution in [3.63, 3.8) is 0 Å². The van der Waals surface area contributed by atoms with Crippen molar-refractivity contribution in [3.8, 4) is 0 Å². The third kappa shape index (κ3) is 6.72. The van der Waals surface area contributed by atoms with E-state index in [4.69, 9.17) is 5.11 Å². The van der Waals surface area contributed by atoms with E-state index in [0.717, 1.165) is 16.4 Å². The van der Waals surface area contributed by atoms with E-state index in [1.807, 2.05) is 42.7 Å². The second-order valence-corrected chi connectivity index (χ2v) is 7.90. The summed E-state index contributed by atoms with van der Waals surface area (Å²) < 4.78 is 1.92. The molecular formula is C17H22N4O3S2. The van der Waals surface area contributed by atoms with Crippen molar-refractivity contribution in [1.29, 1.82) is 0 Å². The molecule has 2 aromatic rings. The molecule has 0 aliphatic rings. The highest BCUT2D eigenvalue weighted by molar-refractivity contribution is 7.99. The first-order valence-corrected chi connectivity index (χ1v) is 10.3. The van der Waals surface area contributed by atoms with Crippen LogP contribution in [0.3, 0.4) is 0 Å². The number of carbonyl (C=O) groups excluding carboxylic acids is 1. The molecule has 0 fully saturated rings. The van der Waals surface area contributed by atoms with Crippen LogP contribution in [0.4, 0.5) is 5.69 Å². The Morgan fingerprint density at radius 3 is 2.88 bits per heavy atom. The Balaban J connectivity index is 1.82. The average molecular weight is 395 g/mol. The molecule has 0 bridgehead atoms. The van der Waals surface area contributed by atoms with E-state index in [0.29, 0.717) is 11.5 Å². The van der Waals surface area contributed by atoms with E-state index < -0.39 is 5.97 Å². The molecule has 1 amide bonds. The Kier molecular flexibility index (Phi) is 7.99. The number of hydrogen-bond donors (Lipinski definition) is 2. The first-order chi connectivity index (χ1) is 12.5. The van der Waals surface area contributed by atoms with Crippen LogP contribution in [0, 0.1) is 0 Å². The number of carboxylic acids is 1. The predicted octanol–water partition coefficient (Wildman–Crippen LogP) is 3.30. The zero-order chi connectivity index (χ0) is 18.9. The minimum Gasteiger partial charge on any atom is -0.481 e. The summed E-state index contributed by atoms with van der Waals surface area (Å²) in [5.41, 5.74) is 1.78. The molecule has 140 valence electrons. The molecule has 2 N–H and O–H groups in total. The summed E-state index contributed by atoms with van der Waals surface area (Å²) >= 11 is 2.91. The zero-order valence-corrected chi connectivity index (χ0v) is 16.3. The van der Waals surface area contributed by atoms with Crippen molar-refractivity contribution in [2.45, 2.75) is 37.2 Å². The lowest BCUT2D eigenvalue weighted by Gasteiger charge is -2.10. The number of aromatic nitrogens is 3. The topological polar surface area (TPSA) is 97.1 Å². The number of aliphatic carboxylic acids is 1. The molecular weight excluding hydrogens is 372 g/mol. The standard InChI is InChI=1S/C17H22N4O3S2/c1-12(2)21-11-18-20-17(21)26-10-15(22)19-14-5-3-4-13(8-14)9-25-7-6-16(23)24/h3-5,8,11-12H,6-7,9-10H2,1-2H3,(H,19,22)(H,23,24). The molecule has 1 aromatic carbocycles. The molecule has 0 aliphatic heterocycles. The van der Waals surface area contributed by atoms with Crippen LogP contribution < -0.4 is 5.32 Å². The summed E-state index contributed by atoms with van der Waals surface area (Å²) in [7, 11) is 0. The number of hydrogen-bond acceptors (Lipinski definition) is 6. The van der Waals surface area contributed by atoms with Crippen molar-refractivity contribution in [2.24, 2.45) is 0 Å². The molecule has 0 atom stereocenters. The van der Waals surface area contributed by atoms with Gasteiger partial charge < -0.3 is 15.0 Å². The summed E-state index contributed by atoms with van der Waals surface area (Å²) in [6.07, 6.45) is 1.82. The van der Waals surface area contributed by atoms with Gasteiger partial charge in [0, 0.05) is 23.2 Å². The van der Waals surface area contributed by atoms with E-state index in [-0.39, 0.29) is 24.1 Å². The Bertz CT molecular complexity index is 749. The minimum atomic E-state index is -0.788. The van der Waals surface area contributed by atoms with Gasteiger partial charge in [0.05, 0.1) is 12.2 Å². The number of nitrogens with one attached hydrogen (secondary N) is 1. The second kappa shape index (κ2) is 10.2. The van der Waals surface area contributed by atoms with Crippen LogP contribution in [-0.4, -0.2) is 43.3 Å². The Morgan fingerprint density at radius 1 is 1.35 bits per heavy atom. The zero-order valence-electron chi connectivity index (χ0n) is 14.7. The lowest BCUT2D eigenvalue weighted by Crippen LogP contribution is -2.15. The van der Waals surface area contributed by atoms with Gasteiger partial charge in [-0.3, -0.25) is 9.59 Å². The van der Waals surface area contributed by atoms with Crippen LogP contribution in [0.1, 0.15) is 31.9 Å². The summed E-state index contributed by atoms with van der Waals surface area (Å²) in [4.78, 5) is 22.7. The highest BCUT2D eigenvalue weighted by Gasteiger charge is 2.11. The Labute approximate surface area is 161 Å². The van der Waals surface area contributed by atoms with Gasteiger partial charge in [0.15, 0.2) is 5.16 Å². The maximum Gasteiger partial charge on any atom is 0.304 e. The summed E-state index contributed by atoms with van der Waals surface area (Å²) in [5.74, 6) is 0.638. The third-order valence-corrected chi connectivity index (χ3v) is 5.36. The van der Waals surface area contributed by atoms with E-state index in [2.05, 4.69) is 15.5 Å². The summed E-state index contributed by atoms with van der Waals surface area (Å²) in [6.45, 7) is 4.07. The molecule has 1 aromatic heterocycles. The lowest BCUT2D eigenvalue weighted by molar-refractivity contribution is -0.136. The normalized spacial score (nSPS) is 10.9. The fourth-order valence-electron chi connectivity index (χ4n) is 2.11. The highest BCUT2D eigenvalue weighted by Crippen LogP contribution is 2.20. The van der Waals surface area contributed by atoms with Gasteiger partial charge in [-0.2, -0.15) is 11.8 Å². The number of anilines is 1. The highest BCUT2D eigenvalue weighted by atomic mass is 32.2. The molecule has 2 rings (SSSR count). The molecule has 0 radical (unpaired) electrons. The second-order valence-electron chi connectivity index (χ2n) is 5.85. The molecule has 0 saturated heterocycles. The number of thioether (sulfide) groups is 2. The van der Waals surface area contributed by atoms with E-state index in [9.17, 15) is 9.59 Å². The molecule has 0 unspecified atom stereocenters. The van der Waals surface area contributed by atoms with Crippen molar-refractivity contribution in [3.05, 3.63) is 36.2 Å². The number of carboxylic acid groups (broad SMARTS) is 1. The quantitative estimate of drug-likeness (QED) is 0.471. The molecule has 0 spiro atoms. The molecule has 0 aliphatic carbocycles. The van der Waals surface area contributed by atoms with Gasteiger partial charge in [0.1, 0.15) is 6.33 Å². The smallest absolute Gasteiger partial charge is 0.304 e. The average Bonchev–Trinajstić information content (AvgIpc) is 3.06. The SMILES string of the molecule is CC(C)n1cnnc1SCC(=O)Nc1cccc(CSCCC(=O)O)c1. The van der Waals surface area contributed by atoms with Crippen molar-refractivity contribution in [1.82, 2.24) is 14.8 Å². The van der Waals surface area contributed by atoms with Gasteiger partial charge in [-0.1, -0.05) is 23.9 Å². The molecule has 7 nitrogen and oxygen atoms in total. The first kappa shape index (κ1) is 20.3. The maximum atomic E-state index is 12.2. The number of nitrogens with zero attached hydrogens (tertiary/aromatic N) is 3. The lowest BCUT2D eigenvalue weighted by atomic mass is 10.2. The molecule has 0 saturated carbocycles. The van der Waals surface area contributed by atoms with Gasteiger partial charge >= 0.3 is 5.97 Å². The largest absolute Gasteiger partial charge is 0.481 e. The number of amides is 1. The van der Waals surface area contributed by atoms with Gasteiger partial charge in [-0.15, -0.1) is 10.2 Å². The number of rotatable bonds is 10. The maximum absolute atomic E-state index is 12.2. The monoisotopic (exact) mass is 394 g/mol. The fraction of sp³-hybridized carbons (Fsp3) is 0.412. The van der Waals surface area contributed by atoms with Crippen LogP contribution >= 0.6 is 23.5 Å². The first-order valence-electron chi connectivity index (χ1n) is 8.16. The third-order valence-electron chi connectivity index (χ3n) is 3.37. The molecule has 9 heteroatoms. The molecule has 26 heavy (non-hydrogen) atoms.